The molecule has 0 aliphatic carbocycles. The van der Waals surface area contributed by atoms with E-state index in [1.807, 2.05) is 19.9 Å². The van der Waals surface area contributed by atoms with Gasteiger partial charge in [-0.25, -0.2) is 18.1 Å². The molecule has 1 unspecified atom stereocenters. The van der Waals surface area contributed by atoms with Crippen LogP contribution in [0.1, 0.15) is 26.7 Å². The quantitative estimate of drug-likeness (QED) is 0.803. The predicted molar refractivity (Wildman–Crippen MR) is 78.0 cm³/mol. The second-order valence-electron chi connectivity index (χ2n) is 4.12. The monoisotopic (exact) mass is 316 g/mol. The van der Waals surface area contributed by atoms with E-state index in [4.69, 9.17) is 16.9 Å². The summed E-state index contributed by atoms with van der Waals surface area (Å²) < 4.78 is 26.8. The summed E-state index contributed by atoms with van der Waals surface area (Å²) in [6, 6.07) is 2.87. The predicted octanol–water partition coefficient (Wildman–Crippen LogP) is 2.14. The summed E-state index contributed by atoms with van der Waals surface area (Å²) in [6.07, 6.45) is 1.89. The molecule has 0 aliphatic heterocycles. The van der Waals surface area contributed by atoms with Crippen molar-refractivity contribution in [2.45, 2.75) is 37.6 Å². The van der Waals surface area contributed by atoms with Gasteiger partial charge in [-0.2, -0.15) is 5.26 Å². The van der Waals surface area contributed by atoms with Crippen molar-refractivity contribution < 1.29 is 8.42 Å². The summed E-state index contributed by atoms with van der Waals surface area (Å²) in [5, 5.41) is 11.8. The van der Waals surface area contributed by atoms with Crippen molar-refractivity contribution in [3.05, 3.63) is 17.3 Å². The number of hydrogen-bond acceptors (Lipinski definition) is 5. The van der Waals surface area contributed by atoms with Crippen molar-refractivity contribution in [2.24, 2.45) is 0 Å². The standard InChI is InChI=1S/C12H17ClN4O2S/c1-3-9(5-6-14)17-20(18,19)10-7-11(13)12(15-4-2)16-8-10/h7-9,17H,3-5H2,1-2H3,(H,15,16). The molecule has 1 aromatic rings. The molecule has 0 amide bonds. The fourth-order valence-electron chi connectivity index (χ4n) is 1.53. The number of halogens is 1. The molecule has 0 fully saturated rings. The molecular weight excluding hydrogens is 300 g/mol. The minimum atomic E-state index is -3.72. The average molecular weight is 317 g/mol. The molecular formula is C12H17ClN4O2S. The van der Waals surface area contributed by atoms with E-state index in [2.05, 4.69) is 15.0 Å². The number of anilines is 1. The van der Waals surface area contributed by atoms with Crippen molar-refractivity contribution in [1.29, 1.82) is 5.26 Å². The first-order chi connectivity index (χ1) is 9.44. The van der Waals surface area contributed by atoms with Crippen molar-refractivity contribution in [3.8, 4) is 6.07 Å². The molecule has 0 aromatic carbocycles. The van der Waals surface area contributed by atoms with Crippen LogP contribution in [0.3, 0.4) is 0 Å². The Labute approximate surface area is 124 Å². The molecule has 1 heterocycles. The molecule has 1 aromatic heterocycles. The van der Waals surface area contributed by atoms with Crippen LogP contribution >= 0.6 is 11.6 Å². The Morgan fingerprint density at radius 2 is 2.20 bits per heavy atom. The normalized spacial score (nSPS) is 12.7. The van der Waals surface area contributed by atoms with Crippen LogP contribution in [0.4, 0.5) is 5.82 Å². The van der Waals surface area contributed by atoms with Crippen LogP contribution < -0.4 is 10.0 Å². The fourth-order valence-corrected chi connectivity index (χ4v) is 3.12. The van der Waals surface area contributed by atoms with Crippen LogP contribution in [-0.2, 0) is 10.0 Å². The van der Waals surface area contributed by atoms with E-state index in [1.54, 1.807) is 0 Å². The number of rotatable bonds is 7. The summed E-state index contributed by atoms with van der Waals surface area (Å²) >= 11 is 5.98. The minimum absolute atomic E-state index is 0.0134. The molecule has 110 valence electrons. The Bertz CT molecular complexity index is 598. The van der Waals surface area contributed by atoms with Crippen LogP contribution in [0.25, 0.3) is 0 Å². The number of nitrogens with zero attached hydrogens (tertiary/aromatic N) is 2. The highest BCUT2D eigenvalue weighted by Gasteiger charge is 2.20. The summed E-state index contributed by atoms with van der Waals surface area (Å²) in [6.45, 7) is 4.33. The number of sulfonamides is 1. The van der Waals surface area contributed by atoms with Gasteiger partial charge in [-0.15, -0.1) is 0 Å². The zero-order valence-corrected chi connectivity index (χ0v) is 12.9. The molecule has 8 heteroatoms. The van der Waals surface area contributed by atoms with E-state index >= 15 is 0 Å². The second kappa shape index (κ2) is 7.43. The molecule has 1 rings (SSSR count). The zero-order chi connectivity index (χ0) is 15.2. The van der Waals surface area contributed by atoms with Crippen LogP contribution in [0.15, 0.2) is 17.2 Å². The van der Waals surface area contributed by atoms with Gasteiger partial charge in [-0.05, 0) is 19.4 Å². The molecule has 0 saturated carbocycles. The summed E-state index contributed by atoms with van der Waals surface area (Å²) in [5.74, 6) is 0.442. The molecule has 0 radical (unpaired) electrons. The topological polar surface area (TPSA) is 94.9 Å². The maximum Gasteiger partial charge on any atom is 0.242 e. The van der Waals surface area contributed by atoms with E-state index in [9.17, 15) is 8.42 Å². The van der Waals surface area contributed by atoms with E-state index in [1.165, 1.54) is 12.3 Å². The van der Waals surface area contributed by atoms with Crippen molar-refractivity contribution >= 4 is 27.4 Å². The SMILES string of the molecule is CCNc1ncc(S(=O)(=O)NC(CC)CC#N)cc1Cl. The molecule has 20 heavy (non-hydrogen) atoms. The van der Waals surface area contributed by atoms with Crippen LogP contribution in [0, 0.1) is 11.3 Å². The average Bonchev–Trinajstić information content (AvgIpc) is 2.40. The third-order valence-corrected chi connectivity index (χ3v) is 4.40. The zero-order valence-electron chi connectivity index (χ0n) is 11.4. The van der Waals surface area contributed by atoms with Gasteiger partial charge in [-0.1, -0.05) is 18.5 Å². The van der Waals surface area contributed by atoms with E-state index < -0.39 is 16.1 Å². The smallest absolute Gasteiger partial charge is 0.242 e. The number of nitrogens with one attached hydrogen (secondary N) is 2. The van der Waals surface area contributed by atoms with Crippen molar-refractivity contribution in [1.82, 2.24) is 9.71 Å². The molecule has 0 saturated heterocycles. The van der Waals surface area contributed by atoms with Gasteiger partial charge < -0.3 is 5.32 Å². The largest absolute Gasteiger partial charge is 0.369 e. The third kappa shape index (κ3) is 4.34. The maximum atomic E-state index is 12.2. The lowest BCUT2D eigenvalue weighted by Gasteiger charge is -2.14. The molecule has 2 N–H and O–H groups in total. The minimum Gasteiger partial charge on any atom is -0.369 e. The Hall–Kier alpha value is -1.36. The van der Waals surface area contributed by atoms with Crippen molar-refractivity contribution in [3.63, 3.8) is 0 Å². The summed E-state index contributed by atoms with van der Waals surface area (Å²) in [5.41, 5.74) is 0. The van der Waals surface area contributed by atoms with Crippen LogP contribution in [0.5, 0.6) is 0 Å². The first kappa shape index (κ1) is 16.7. The van der Waals surface area contributed by atoms with Gasteiger partial charge in [0, 0.05) is 18.8 Å². The lowest BCUT2D eigenvalue weighted by molar-refractivity contribution is 0.543. The second-order valence-corrected chi connectivity index (χ2v) is 6.24. The first-order valence-electron chi connectivity index (χ1n) is 6.23. The maximum absolute atomic E-state index is 12.2. The molecule has 6 nitrogen and oxygen atoms in total. The number of aromatic nitrogens is 1. The van der Waals surface area contributed by atoms with Crippen LogP contribution in [0.2, 0.25) is 5.02 Å². The van der Waals surface area contributed by atoms with E-state index in [0.717, 1.165) is 0 Å². The Morgan fingerprint density at radius 1 is 1.50 bits per heavy atom. The Balaban J connectivity index is 2.98. The summed E-state index contributed by atoms with van der Waals surface area (Å²) in [4.78, 5) is 3.97. The van der Waals surface area contributed by atoms with E-state index in [-0.39, 0.29) is 16.3 Å². The fraction of sp³-hybridized carbons (Fsp3) is 0.500. The third-order valence-electron chi connectivity index (χ3n) is 2.62. The van der Waals surface area contributed by atoms with Gasteiger partial charge in [0.05, 0.1) is 17.5 Å². The number of pyridine rings is 1. The van der Waals surface area contributed by atoms with Gasteiger partial charge in [-0.3, -0.25) is 0 Å². The lowest BCUT2D eigenvalue weighted by atomic mass is 10.2. The molecule has 0 bridgehead atoms. The van der Waals surface area contributed by atoms with Crippen molar-refractivity contribution in [2.75, 3.05) is 11.9 Å². The highest BCUT2D eigenvalue weighted by atomic mass is 35.5. The molecule has 0 spiro atoms. The molecule has 1 atom stereocenters. The highest BCUT2D eigenvalue weighted by molar-refractivity contribution is 7.89. The highest BCUT2D eigenvalue weighted by Crippen LogP contribution is 2.22. The molecule has 0 aliphatic rings. The van der Waals surface area contributed by atoms with Crippen LogP contribution in [-0.4, -0.2) is 26.0 Å². The number of nitriles is 1. The Morgan fingerprint density at radius 3 is 2.70 bits per heavy atom. The van der Waals surface area contributed by atoms with Gasteiger partial charge in [0.25, 0.3) is 0 Å². The number of hydrogen-bond donors (Lipinski definition) is 2. The Kier molecular flexibility index (Phi) is 6.20. The van der Waals surface area contributed by atoms with E-state index in [0.29, 0.717) is 18.8 Å². The van der Waals surface area contributed by atoms with Gasteiger partial charge in [0.1, 0.15) is 10.7 Å². The lowest BCUT2D eigenvalue weighted by Crippen LogP contribution is -2.34. The van der Waals surface area contributed by atoms with Gasteiger partial charge in [0.15, 0.2) is 0 Å². The van der Waals surface area contributed by atoms with Gasteiger partial charge in [0.2, 0.25) is 10.0 Å². The first-order valence-corrected chi connectivity index (χ1v) is 8.09. The summed E-state index contributed by atoms with van der Waals surface area (Å²) in [7, 11) is -3.72. The van der Waals surface area contributed by atoms with Gasteiger partial charge >= 0.3 is 0 Å².